The standard InChI is InChI=1S/C11H17N3O2/c1-8-7-10(14-16-8)13-11(15)12-9-5-3-2-4-6-9/h7,9H,2-6H2,1H3,(H2,12,13,14,15). The van der Waals surface area contributed by atoms with Gasteiger partial charge in [-0.2, -0.15) is 0 Å². The maximum Gasteiger partial charge on any atom is 0.320 e. The van der Waals surface area contributed by atoms with Crippen molar-refractivity contribution >= 4 is 11.8 Å². The van der Waals surface area contributed by atoms with Crippen LogP contribution >= 0.6 is 0 Å². The molecule has 1 saturated carbocycles. The minimum absolute atomic E-state index is 0.194. The van der Waals surface area contributed by atoms with E-state index in [2.05, 4.69) is 15.8 Å². The van der Waals surface area contributed by atoms with Crippen LogP contribution in [0.4, 0.5) is 10.6 Å². The van der Waals surface area contributed by atoms with Crippen LogP contribution in [0, 0.1) is 6.92 Å². The Bertz CT molecular complexity index is 356. The molecular formula is C11H17N3O2. The summed E-state index contributed by atoms with van der Waals surface area (Å²) in [4.78, 5) is 11.6. The van der Waals surface area contributed by atoms with Crippen molar-refractivity contribution in [3.05, 3.63) is 11.8 Å². The van der Waals surface area contributed by atoms with E-state index in [1.807, 2.05) is 0 Å². The lowest BCUT2D eigenvalue weighted by Crippen LogP contribution is -2.39. The fourth-order valence-corrected chi connectivity index (χ4v) is 2.01. The van der Waals surface area contributed by atoms with E-state index in [0.717, 1.165) is 12.8 Å². The van der Waals surface area contributed by atoms with Gasteiger partial charge in [0, 0.05) is 12.1 Å². The van der Waals surface area contributed by atoms with Gasteiger partial charge in [0.05, 0.1) is 0 Å². The van der Waals surface area contributed by atoms with Gasteiger partial charge in [-0.15, -0.1) is 0 Å². The number of anilines is 1. The summed E-state index contributed by atoms with van der Waals surface area (Å²) in [5.41, 5.74) is 0. The van der Waals surface area contributed by atoms with Crippen LogP contribution < -0.4 is 10.6 Å². The number of amides is 2. The Hall–Kier alpha value is -1.52. The number of nitrogens with zero attached hydrogens (tertiary/aromatic N) is 1. The van der Waals surface area contributed by atoms with Crippen LogP contribution in [0.25, 0.3) is 0 Å². The summed E-state index contributed by atoms with van der Waals surface area (Å²) in [5.74, 6) is 1.15. The first kappa shape index (κ1) is 11.0. The van der Waals surface area contributed by atoms with E-state index >= 15 is 0 Å². The van der Waals surface area contributed by atoms with E-state index in [1.54, 1.807) is 13.0 Å². The smallest absolute Gasteiger partial charge is 0.320 e. The highest BCUT2D eigenvalue weighted by Crippen LogP contribution is 2.17. The van der Waals surface area contributed by atoms with Gasteiger partial charge in [0.1, 0.15) is 5.76 Å². The molecule has 0 unspecified atom stereocenters. The number of nitrogens with one attached hydrogen (secondary N) is 2. The molecule has 16 heavy (non-hydrogen) atoms. The predicted molar refractivity (Wildman–Crippen MR) is 60.3 cm³/mol. The number of hydrogen-bond acceptors (Lipinski definition) is 3. The largest absolute Gasteiger partial charge is 0.360 e. The average molecular weight is 223 g/mol. The molecule has 0 aromatic carbocycles. The van der Waals surface area contributed by atoms with Gasteiger partial charge in [-0.3, -0.25) is 5.32 Å². The molecule has 88 valence electrons. The molecule has 2 amide bonds. The van der Waals surface area contributed by atoms with Gasteiger partial charge in [-0.1, -0.05) is 24.4 Å². The Morgan fingerprint density at radius 1 is 1.44 bits per heavy atom. The Morgan fingerprint density at radius 3 is 2.81 bits per heavy atom. The van der Waals surface area contributed by atoms with Crippen molar-refractivity contribution in [3.8, 4) is 0 Å². The predicted octanol–water partition coefficient (Wildman–Crippen LogP) is 2.44. The number of rotatable bonds is 2. The third kappa shape index (κ3) is 2.98. The lowest BCUT2D eigenvalue weighted by molar-refractivity contribution is 0.244. The summed E-state index contributed by atoms with van der Waals surface area (Å²) in [6, 6.07) is 1.81. The van der Waals surface area contributed by atoms with Crippen LogP contribution in [0.15, 0.2) is 10.6 Å². The van der Waals surface area contributed by atoms with Gasteiger partial charge in [0.2, 0.25) is 0 Å². The normalized spacial score (nSPS) is 17.1. The number of aromatic nitrogens is 1. The lowest BCUT2D eigenvalue weighted by Gasteiger charge is -2.22. The number of urea groups is 1. The molecule has 0 spiro atoms. The highest BCUT2D eigenvalue weighted by Gasteiger charge is 2.16. The van der Waals surface area contributed by atoms with Crippen LogP contribution in [-0.2, 0) is 0 Å². The molecule has 1 aliphatic rings. The first-order valence-corrected chi connectivity index (χ1v) is 5.75. The summed E-state index contributed by atoms with van der Waals surface area (Å²) in [7, 11) is 0. The molecule has 0 radical (unpaired) electrons. The minimum Gasteiger partial charge on any atom is -0.360 e. The van der Waals surface area contributed by atoms with Crippen LogP contribution in [0.3, 0.4) is 0 Å². The number of hydrogen-bond donors (Lipinski definition) is 2. The summed E-state index contributed by atoms with van der Waals surface area (Å²) in [6.07, 6.45) is 5.83. The first-order chi connectivity index (χ1) is 7.74. The van der Waals surface area contributed by atoms with Gasteiger partial charge >= 0.3 is 6.03 Å². The van der Waals surface area contributed by atoms with Gasteiger partial charge in [0.15, 0.2) is 5.82 Å². The van der Waals surface area contributed by atoms with Crippen LogP contribution in [0.5, 0.6) is 0 Å². The maximum atomic E-state index is 11.6. The second kappa shape index (κ2) is 5.01. The van der Waals surface area contributed by atoms with Gasteiger partial charge in [-0.25, -0.2) is 4.79 Å². The average Bonchev–Trinajstić information content (AvgIpc) is 2.65. The maximum absolute atomic E-state index is 11.6. The monoisotopic (exact) mass is 223 g/mol. The van der Waals surface area contributed by atoms with E-state index in [9.17, 15) is 4.79 Å². The number of carbonyl (C=O) groups excluding carboxylic acids is 1. The summed E-state index contributed by atoms with van der Waals surface area (Å²) >= 11 is 0. The lowest BCUT2D eigenvalue weighted by atomic mass is 9.96. The highest BCUT2D eigenvalue weighted by atomic mass is 16.5. The Balaban J connectivity index is 1.79. The van der Waals surface area contributed by atoms with Crippen molar-refractivity contribution in [2.45, 2.75) is 45.1 Å². The fraction of sp³-hybridized carbons (Fsp3) is 0.636. The zero-order valence-corrected chi connectivity index (χ0v) is 9.45. The zero-order chi connectivity index (χ0) is 11.4. The van der Waals surface area contributed by atoms with E-state index in [0.29, 0.717) is 17.6 Å². The molecule has 1 aromatic rings. The summed E-state index contributed by atoms with van der Waals surface area (Å²) in [6.45, 7) is 1.79. The molecule has 5 heteroatoms. The molecule has 1 fully saturated rings. The Labute approximate surface area is 94.6 Å². The molecule has 0 aliphatic heterocycles. The van der Waals surface area contributed by atoms with E-state index < -0.39 is 0 Å². The molecule has 2 rings (SSSR count). The van der Waals surface area contributed by atoms with Gasteiger partial charge in [0.25, 0.3) is 0 Å². The van der Waals surface area contributed by atoms with E-state index in [1.165, 1.54) is 19.3 Å². The Morgan fingerprint density at radius 2 is 2.19 bits per heavy atom. The fourth-order valence-electron chi connectivity index (χ4n) is 2.01. The van der Waals surface area contributed by atoms with Gasteiger partial charge in [-0.05, 0) is 19.8 Å². The molecule has 0 atom stereocenters. The van der Waals surface area contributed by atoms with Gasteiger partial charge < -0.3 is 9.84 Å². The minimum atomic E-state index is -0.194. The van der Waals surface area contributed by atoms with Crippen LogP contribution in [0.1, 0.15) is 37.9 Å². The van der Waals surface area contributed by atoms with Crippen molar-refractivity contribution in [1.29, 1.82) is 0 Å². The highest BCUT2D eigenvalue weighted by molar-refractivity contribution is 5.88. The molecule has 1 aliphatic carbocycles. The van der Waals surface area contributed by atoms with Crippen molar-refractivity contribution in [2.24, 2.45) is 0 Å². The van der Waals surface area contributed by atoms with Crippen molar-refractivity contribution in [1.82, 2.24) is 10.5 Å². The molecule has 5 nitrogen and oxygen atoms in total. The zero-order valence-electron chi connectivity index (χ0n) is 9.45. The van der Waals surface area contributed by atoms with E-state index in [4.69, 9.17) is 4.52 Å². The number of carbonyl (C=O) groups is 1. The summed E-state index contributed by atoms with van der Waals surface area (Å²) < 4.78 is 4.86. The van der Waals surface area contributed by atoms with E-state index in [-0.39, 0.29) is 6.03 Å². The Kier molecular flexibility index (Phi) is 3.44. The molecule has 0 bridgehead atoms. The molecule has 2 N–H and O–H groups in total. The third-order valence-corrected chi connectivity index (χ3v) is 2.81. The van der Waals surface area contributed by atoms with Crippen molar-refractivity contribution < 1.29 is 9.32 Å². The second-order valence-electron chi connectivity index (χ2n) is 4.26. The summed E-state index contributed by atoms with van der Waals surface area (Å²) in [5, 5.41) is 9.30. The molecule has 1 heterocycles. The molecule has 0 saturated heterocycles. The topological polar surface area (TPSA) is 67.2 Å². The third-order valence-electron chi connectivity index (χ3n) is 2.81. The van der Waals surface area contributed by atoms with Crippen LogP contribution in [-0.4, -0.2) is 17.2 Å². The number of aryl methyl sites for hydroxylation is 1. The quantitative estimate of drug-likeness (QED) is 0.809. The molecule has 1 aromatic heterocycles. The van der Waals surface area contributed by atoms with Crippen molar-refractivity contribution in [3.63, 3.8) is 0 Å². The SMILES string of the molecule is Cc1cc(NC(=O)NC2CCCCC2)no1. The van der Waals surface area contributed by atoms with Crippen LogP contribution in [0.2, 0.25) is 0 Å². The van der Waals surface area contributed by atoms with Crippen molar-refractivity contribution in [2.75, 3.05) is 5.32 Å². The first-order valence-electron chi connectivity index (χ1n) is 5.75. The molecular weight excluding hydrogens is 206 g/mol. The second-order valence-corrected chi connectivity index (χ2v) is 4.26.